The number of alkyl halides is 1. The van der Waals surface area contributed by atoms with Crippen molar-refractivity contribution in [3.8, 4) is 5.75 Å². The topological polar surface area (TPSA) is 41.6 Å². The number of carbonyl (C=O) groups excluding carboxylic acids is 1. The monoisotopic (exact) mass is 398 g/mol. The number of hydrogen-bond acceptors (Lipinski definition) is 3. The standard InChI is InChI=1S/C24H31FN2O2/c1-18-4-8-22(9-5-18)29-15-12-26-17-24(25)10-13-27(14-11-24)23(28)21-7-6-19(2)20(3)16-21/h4-9,16,26H,10-15,17H2,1-3H3. The molecule has 0 bridgehead atoms. The summed E-state index contributed by atoms with van der Waals surface area (Å²) in [6.45, 7) is 8.33. The molecule has 0 aliphatic carbocycles. The summed E-state index contributed by atoms with van der Waals surface area (Å²) in [6.07, 6.45) is 0.713. The molecule has 1 heterocycles. The van der Waals surface area contributed by atoms with Gasteiger partial charge < -0.3 is 15.0 Å². The average molecular weight is 399 g/mol. The van der Waals surface area contributed by atoms with Gasteiger partial charge in [0.25, 0.3) is 5.91 Å². The Bertz CT molecular complexity index is 827. The largest absolute Gasteiger partial charge is 0.492 e. The van der Waals surface area contributed by atoms with Gasteiger partial charge in [-0.3, -0.25) is 4.79 Å². The minimum absolute atomic E-state index is 0.00499. The van der Waals surface area contributed by atoms with Gasteiger partial charge in [0.05, 0.1) is 0 Å². The molecule has 0 aromatic heterocycles. The number of rotatable bonds is 7. The quantitative estimate of drug-likeness (QED) is 0.710. The van der Waals surface area contributed by atoms with Crippen LogP contribution in [0.2, 0.25) is 0 Å². The molecule has 0 saturated carbocycles. The highest BCUT2D eigenvalue weighted by atomic mass is 19.1. The first-order valence-corrected chi connectivity index (χ1v) is 10.3. The number of carbonyl (C=O) groups is 1. The lowest BCUT2D eigenvalue weighted by molar-refractivity contribution is 0.0433. The minimum atomic E-state index is -1.27. The van der Waals surface area contributed by atoms with E-state index in [1.165, 1.54) is 11.1 Å². The van der Waals surface area contributed by atoms with Crippen LogP contribution in [0.1, 0.15) is 39.9 Å². The molecule has 0 atom stereocenters. The first-order valence-electron chi connectivity index (χ1n) is 10.3. The summed E-state index contributed by atoms with van der Waals surface area (Å²) in [5.41, 5.74) is 2.87. The third-order valence-corrected chi connectivity index (χ3v) is 5.71. The molecular formula is C24H31FN2O2. The normalized spacial score (nSPS) is 15.9. The van der Waals surface area contributed by atoms with Gasteiger partial charge in [0.15, 0.2) is 0 Å². The molecule has 29 heavy (non-hydrogen) atoms. The maximum absolute atomic E-state index is 15.1. The van der Waals surface area contributed by atoms with Crippen molar-refractivity contribution < 1.29 is 13.9 Å². The Hall–Kier alpha value is -2.40. The molecular weight excluding hydrogens is 367 g/mol. The second-order valence-electron chi connectivity index (χ2n) is 8.08. The minimum Gasteiger partial charge on any atom is -0.492 e. The van der Waals surface area contributed by atoms with Gasteiger partial charge in [0.1, 0.15) is 18.0 Å². The molecule has 1 aliphatic heterocycles. The molecule has 2 aromatic rings. The number of aryl methyl sites for hydroxylation is 3. The van der Waals surface area contributed by atoms with Crippen molar-refractivity contribution in [2.45, 2.75) is 39.3 Å². The lowest BCUT2D eigenvalue weighted by Gasteiger charge is -2.36. The lowest BCUT2D eigenvalue weighted by Crippen LogP contribution is -2.49. The van der Waals surface area contributed by atoms with Gasteiger partial charge in [-0.2, -0.15) is 0 Å². The van der Waals surface area contributed by atoms with Crippen LogP contribution in [0, 0.1) is 20.8 Å². The van der Waals surface area contributed by atoms with Gasteiger partial charge in [-0.05, 0) is 56.2 Å². The van der Waals surface area contributed by atoms with Gasteiger partial charge >= 0.3 is 0 Å². The molecule has 1 N–H and O–H groups in total. The number of halogens is 1. The molecule has 156 valence electrons. The third-order valence-electron chi connectivity index (χ3n) is 5.71. The van der Waals surface area contributed by atoms with E-state index in [0.29, 0.717) is 44.6 Å². The molecule has 1 aliphatic rings. The zero-order valence-electron chi connectivity index (χ0n) is 17.6. The number of nitrogens with one attached hydrogen (secondary N) is 1. The summed E-state index contributed by atoms with van der Waals surface area (Å²) in [7, 11) is 0. The van der Waals surface area contributed by atoms with Crippen molar-refractivity contribution in [1.82, 2.24) is 10.2 Å². The van der Waals surface area contributed by atoms with Crippen molar-refractivity contribution >= 4 is 5.91 Å². The second-order valence-corrected chi connectivity index (χ2v) is 8.08. The van der Waals surface area contributed by atoms with E-state index >= 15 is 4.39 Å². The summed E-state index contributed by atoms with van der Waals surface area (Å²) in [5, 5.41) is 3.16. The fraction of sp³-hybridized carbons (Fsp3) is 0.458. The van der Waals surface area contributed by atoms with Crippen molar-refractivity contribution in [2.75, 3.05) is 32.8 Å². The highest BCUT2D eigenvalue weighted by Crippen LogP contribution is 2.27. The fourth-order valence-corrected chi connectivity index (χ4v) is 3.53. The fourth-order valence-electron chi connectivity index (χ4n) is 3.53. The maximum atomic E-state index is 15.1. The number of benzene rings is 2. The van der Waals surface area contributed by atoms with Gasteiger partial charge in [0.2, 0.25) is 0 Å². The predicted molar refractivity (Wildman–Crippen MR) is 114 cm³/mol. The van der Waals surface area contributed by atoms with Crippen LogP contribution in [0.5, 0.6) is 5.75 Å². The van der Waals surface area contributed by atoms with Crippen LogP contribution in [0.4, 0.5) is 4.39 Å². The van der Waals surface area contributed by atoms with Gasteiger partial charge in [-0.25, -0.2) is 4.39 Å². The predicted octanol–water partition coefficient (Wildman–Crippen LogP) is 4.22. The first kappa shape index (κ1) is 21.3. The highest BCUT2D eigenvalue weighted by Gasteiger charge is 2.35. The van der Waals surface area contributed by atoms with Crippen molar-refractivity contribution in [3.63, 3.8) is 0 Å². The van der Waals surface area contributed by atoms with E-state index < -0.39 is 5.67 Å². The van der Waals surface area contributed by atoms with E-state index in [-0.39, 0.29) is 12.5 Å². The van der Waals surface area contributed by atoms with Crippen LogP contribution in [-0.4, -0.2) is 49.3 Å². The highest BCUT2D eigenvalue weighted by molar-refractivity contribution is 5.94. The smallest absolute Gasteiger partial charge is 0.253 e. The van der Waals surface area contributed by atoms with Crippen LogP contribution in [-0.2, 0) is 0 Å². The average Bonchev–Trinajstić information content (AvgIpc) is 2.71. The number of nitrogens with zero attached hydrogens (tertiary/aromatic N) is 1. The molecule has 1 saturated heterocycles. The number of likely N-dealkylation sites (tertiary alicyclic amines) is 1. The van der Waals surface area contributed by atoms with Crippen LogP contribution in [0.25, 0.3) is 0 Å². The SMILES string of the molecule is Cc1ccc(OCCNCC2(F)CCN(C(=O)c3ccc(C)c(C)c3)CC2)cc1. The zero-order valence-corrected chi connectivity index (χ0v) is 17.6. The molecule has 0 radical (unpaired) electrons. The summed E-state index contributed by atoms with van der Waals surface area (Å²) >= 11 is 0. The molecule has 1 amide bonds. The molecule has 2 aromatic carbocycles. The van der Waals surface area contributed by atoms with Crippen LogP contribution < -0.4 is 10.1 Å². The number of ether oxygens (including phenoxy) is 1. The van der Waals surface area contributed by atoms with Crippen LogP contribution in [0.3, 0.4) is 0 Å². The Morgan fingerprint density at radius 1 is 1.07 bits per heavy atom. The van der Waals surface area contributed by atoms with Gasteiger partial charge in [-0.15, -0.1) is 0 Å². The Morgan fingerprint density at radius 3 is 2.41 bits per heavy atom. The van der Waals surface area contributed by atoms with Crippen molar-refractivity contribution in [3.05, 3.63) is 64.7 Å². The Labute approximate surface area is 173 Å². The maximum Gasteiger partial charge on any atom is 0.253 e. The van der Waals surface area contributed by atoms with E-state index in [2.05, 4.69) is 5.32 Å². The number of hydrogen-bond donors (Lipinski definition) is 1. The van der Waals surface area contributed by atoms with Crippen LogP contribution >= 0.6 is 0 Å². The first-order chi connectivity index (χ1) is 13.9. The van der Waals surface area contributed by atoms with E-state index in [1.807, 2.05) is 63.2 Å². The molecule has 3 rings (SSSR count). The van der Waals surface area contributed by atoms with Gasteiger partial charge in [0, 0.05) is 44.6 Å². The van der Waals surface area contributed by atoms with Gasteiger partial charge in [-0.1, -0.05) is 23.8 Å². The number of amides is 1. The number of piperidine rings is 1. The van der Waals surface area contributed by atoms with Crippen molar-refractivity contribution in [1.29, 1.82) is 0 Å². The third kappa shape index (κ3) is 5.80. The second kappa shape index (κ2) is 9.40. The van der Waals surface area contributed by atoms with E-state index in [0.717, 1.165) is 11.3 Å². The molecule has 0 unspecified atom stereocenters. The molecule has 0 spiro atoms. The molecule has 4 nitrogen and oxygen atoms in total. The Kier molecular flexibility index (Phi) is 6.91. The summed E-state index contributed by atoms with van der Waals surface area (Å²) in [6, 6.07) is 13.6. The summed E-state index contributed by atoms with van der Waals surface area (Å²) < 4.78 is 20.7. The molecule has 1 fully saturated rings. The molecule has 5 heteroatoms. The van der Waals surface area contributed by atoms with E-state index in [9.17, 15) is 4.79 Å². The lowest BCUT2D eigenvalue weighted by atomic mass is 9.92. The van der Waals surface area contributed by atoms with E-state index in [1.54, 1.807) is 4.90 Å². The Morgan fingerprint density at radius 2 is 1.76 bits per heavy atom. The summed E-state index contributed by atoms with van der Waals surface area (Å²) in [5.74, 6) is 0.820. The van der Waals surface area contributed by atoms with E-state index in [4.69, 9.17) is 4.74 Å². The van der Waals surface area contributed by atoms with Crippen LogP contribution in [0.15, 0.2) is 42.5 Å². The Balaban J connectivity index is 1.40. The van der Waals surface area contributed by atoms with Crippen molar-refractivity contribution in [2.24, 2.45) is 0 Å². The summed E-state index contributed by atoms with van der Waals surface area (Å²) in [4.78, 5) is 14.5. The zero-order chi connectivity index (χ0) is 20.9.